The zero-order valence-electron chi connectivity index (χ0n) is 11.5. The van der Waals surface area contributed by atoms with E-state index in [0.717, 1.165) is 28.9 Å². The Bertz CT molecular complexity index is 441. The number of hydrogen-bond acceptors (Lipinski definition) is 3. The van der Waals surface area contributed by atoms with Crippen LogP contribution in [0.25, 0.3) is 0 Å². The Morgan fingerprint density at radius 3 is 2.22 bits per heavy atom. The molecule has 0 aromatic heterocycles. The van der Waals surface area contributed by atoms with Gasteiger partial charge in [-0.05, 0) is 45.9 Å². The smallest absolute Gasteiger partial charge is 0.0808 e. The molecule has 2 N–H and O–H groups in total. The number of benzene rings is 1. The Labute approximate surface area is 117 Å². The SMILES string of the molecule is CC1(C)CN(c2ccc(Br)cc2N)CC(C)(C)O1. The lowest BCUT2D eigenvalue weighted by atomic mass is 9.98. The van der Waals surface area contributed by atoms with Crippen molar-refractivity contribution >= 4 is 27.3 Å². The van der Waals surface area contributed by atoms with E-state index in [4.69, 9.17) is 10.5 Å². The summed E-state index contributed by atoms with van der Waals surface area (Å²) >= 11 is 3.44. The third kappa shape index (κ3) is 2.98. The highest BCUT2D eigenvalue weighted by molar-refractivity contribution is 9.10. The zero-order chi connectivity index (χ0) is 13.6. The van der Waals surface area contributed by atoms with Crippen molar-refractivity contribution in [3.63, 3.8) is 0 Å². The van der Waals surface area contributed by atoms with Crippen LogP contribution in [0.2, 0.25) is 0 Å². The quantitative estimate of drug-likeness (QED) is 0.807. The third-order valence-corrected chi connectivity index (χ3v) is 3.52. The molecule has 1 saturated heterocycles. The summed E-state index contributed by atoms with van der Waals surface area (Å²) in [6.45, 7) is 10.2. The Kier molecular flexibility index (Phi) is 3.36. The number of nitrogens with two attached hydrogens (primary N) is 1. The predicted molar refractivity (Wildman–Crippen MR) is 80.0 cm³/mol. The largest absolute Gasteiger partial charge is 0.397 e. The normalized spacial score (nSPS) is 21.9. The fraction of sp³-hybridized carbons (Fsp3) is 0.571. The van der Waals surface area contributed by atoms with Gasteiger partial charge in [0.25, 0.3) is 0 Å². The average molecular weight is 313 g/mol. The summed E-state index contributed by atoms with van der Waals surface area (Å²) < 4.78 is 7.09. The van der Waals surface area contributed by atoms with Crippen LogP contribution in [0.1, 0.15) is 27.7 Å². The van der Waals surface area contributed by atoms with Crippen molar-refractivity contribution < 1.29 is 4.74 Å². The molecule has 0 atom stereocenters. The molecule has 1 aliphatic rings. The number of nitrogens with zero attached hydrogens (tertiary/aromatic N) is 1. The van der Waals surface area contributed by atoms with Crippen molar-refractivity contribution in [3.8, 4) is 0 Å². The zero-order valence-corrected chi connectivity index (χ0v) is 13.0. The number of hydrogen-bond donors (Lipinski definition) is 1. The van der Waals surface area contributed by atoms with Gasteiger partial charge in [0.05, 0.1) is 22.6 Å². The van der Waals surface area contributed by atoms with Gasteiger partial charge in [-0.2, -0.15) is 0 Å². The van der Waals surface area contributed by atoms with Gasteiger partial charge in [-0.15, -0.1) is 0 Å². The van der Waals surface area contributed by atoms with Crippen LogP contribution in [-0.2, 0) is 4.74 Å². The number of anilines is 2. The second-order valence-electron chi connectivity index (χ2n) is 6.18. The molecule has 0 radical (unpaired) electrons. The number of nitrogen functional groups attached to an aromatic ring is 1. The summed E-state index contributed by atoms with van der Waals surface area (Å²) in [6, 6.07) is 6.04. The van der Waals surface area contributed by atoms with E-state index >= 15 is 0 Å². The standard InChI is InChI=1S/C14H21BrN2O/c1-13(2)8-17(9-14(3,4)18-13)12-6-5-10(15)7-11(12)16/h5-7H,8-9,16H2,1-4H3. The molecule has 1 aromatic carbocycles. The molecular weight excluding hydrogens is 292 g/mol. The van der Waals surface area contributed by atoms with Crippen molar-refractivity contribution in [2.45, 2.75) is 38.9 Å². The maximum absolute atomic E-state index is 6.12. The molecule has 0 spiro atoms. The van der Waals surface area contributed by atoms with Gasteiger partial charge >= 0.3 is 0 Å². The molecule has 18 heavy (non-hydrogen) atoms. The Balaban J connectivity index is 2.32. The van der Waals surface area contributed by atoms with Crippen LogP contribution in [0.5, 0.6) is 0 Å². The lowest BCUT2D eigenvalue weighted by Gasteiger charge is -2.48. The summed E-state index contributed by atoms with van der Waals surface area (Å²) in [4.78, 5) is 2.31. The summed E-state index contributed by atoms with van der Waals surface area (Å²) in [5, 5.41) is 0. The lowest BCUT2D eigenvalue weighted by Crippen LogP contribution is -2.57. The molecule has 100 valence electrons. The highest BCUT2D eigenvalue weighted by Gasteiger charge is 2.38. The van der Waals surface area contributed by atoms with Crippen molar-refractivity contribution in [3.05, 3.63) is 22.7 Å². The van der Waals surface area contributed by atoms with Crippen molar-refractivity contribution in [1.29, 1.82) is 0 Å². The van der Waals surface area contributed by atoms with Gasteiger partial charge in [0, 0.05) is 17.6 Å². The van der Waals surface area contributed by atoms with Gasteiger partial charge in [-0.3, -0.25) is 0 Å². The summed E-state index contributed by atoms with van der Waals surface area (Å²) in [5.41, 5.74) is 7.68. The minimum absolute atomic E-state index is 0.165. The molecule has 1 aromatic rings. The van der Waals surface area contributed by atoms with Gasteiger partial charge in [0.2, 0.25) is 0 Å². The van der Waals surface area contributed by atoms with E-state index in [1.165, 1.54) is 0 Å². The molecule has 0 saturated carbocycles. The van der Waals surface area contributed by atoms with Gasteiger partial charge in [0.1, 0.15) is 0 Å². The van der Waals surface area contributed by atoms with Crippen molar-refractivity contribution in [2.24, 2.45) is 0 Å². The van der Waals surface area contributed by atoms with Crippen molar-refractivity contribution in [1.82, 2.24) is 0 Å². The van der Waals surface area contributed by atoms with E-state index in [1.807, 2.05) is 12.1 Å². The van der Waals surface area contributed by atoms with Crippen LogP contribution < -0.4 is 10.6 Å². The van der Waals surface area contributed by atoms with E-state index in [0.29, 0.717) is 0 Å². The Morgan fingerprint density at radius 2 is 1.72 bits per heavy atom. The van der Waals surface area contributed by atoms with E-state index in [1.54, 1.807) is 0 Å². The first-order valence-corrected chi connectivity index (χ1v) is 6.98. The number of halogens is 1. The minimum Gasteiger partial charge on any atom is -0.397 e. The molecule has 3 nitrogen and oxygen atoms in total. The van der Waals surface area contributed by atoms with Crippen molar-refractivity contribution in [2.75, 3.05) is 23.7 Å². The minimum atomic E-state index is -0.165. The van der Waals surface area contributed by atoms with Gasteiger partial charge in [-0.1, -0.05) is 15.9 Å². The predicted octanol–water partition coefficient (Wildman–Crippen LogP) is 3.43. The molecule has 1 heterocycles. The fourth-order valence-electron chi connectivity index (χ4n) is 2.77. The van der Waals surface area contributed by atoms with Crippen LogP contribution in [0.3, 0.4) is 0 Å². The van der Waals surface area contributed by atoms with E-state index in [-0.39, 0.29) is 11.2 Å². The fourth-order valence-corrected chi connectivity index (χ4v) is 3.15. The molecule has 2 rings (SSSR count). The first-order valence-electron chi connectivity index (χ1n) is 6.19. The lowest BCUT2D eigenvalue weighted by molar-refractivity contribution is -0.133. The van der Waals surface area contributed by atoms with Crippen LogP contribution in [0.4, 0.5) is 11.4 Å². The third-order valence-electron chi connectivity index (χ3n) is 3.03. The van der Waals surface area contributed by atoms with Gasteiger partial charge in [0.15, 0.2) is 0 Å². The van der Waals surface area contributed by atoms with E-state index < -0.39 is 0 Å². The molecule has 1 aliphatic heterocycles. The van der Waals surface area contributed by atoms with E-state index in [2.05, 4.69) is 54.6 Å². The topological polar surface area (TPSA) is 38.5 Å². The summed E-state index contributed by atoms with van der Waals surface area (Å²) in [5.74, 6) is 0. The average Bonchev–Trinajstić information content (AvgIpc) is 2.11. The first kappa shape index (κ1) is 13.7. The summed E-state index contributed by atoms with van der Waals surface area (Å²) in [6.07, 6.45) is 0. The Morgan fingerprint density at radius 1 is 1.17 bits per heavy atom. The molecular formula is C14H21BrN2O. The molecule has 0 aliphatic carbocycles. The van der Waals surface area contributed by atoms with Crippen LogP contribution >= 0.6 is 15.9 Å². The van der Waals surface area contributed by atoms with Crippen LogP contribution in [-0.4, -0.2) is 24.3 Å². The molecule has 0 amide bonds. The molecule has 4 heteroatoms. The number of ether oxygens (including phenoxy) is 1. The first-order chi connectivity index (χ1) is 8.19. The monoisotopic (exact) mass is 312 g/mol. The second-order valence-corrected chi connectivity index (χ2v) is 7.10. The molecule has 0 unspecified atom stereocenters. The highest BCUT2D eigenvalue weighted by Crippen LogP contribution is 2.34. The highest BCUT2D eigenvalue weighted by atomic mass is 79.9. The summed E-state index contributed by atoms with van der Waals surface area (Å²) in [7, 11) is 0. The molecule has 1 fully saturated rings. The second kappa shape index (κ2) is 4.42. The molecule has 0 bridgehead atoms. The van der Waals surface area contributed by atoms with E-state index in [9.17, 15) is 0 Å². The van der Waals surface area contributed by atoms with Crippen LogP contribution in [0.15, 0.2) is 22.7 Å². The van der Waals surface area contributed by atoms with Gasteiger partial charge in [-0.25, -0.2) is 0 Å². The maximum atomic E-state index is 6.12. The van der Waals surface area contributed by atoms with Crippen LogP contribution in [0, 0.1) is 0 Å². The maximum Gasteiger partial charge on any atom is 0.0808 e. The number of rotatable bonds is 1. The Hall–Kier alpha value is -0.740. The number of morpholine rings is 1. The van der Waals surface area contributed by atoms with Gasteiger partial charge < -0.3 is 15.4 Å².